The summed E-state index contributed by atoms with van der Waals surface area (Å²) in [7, 11) is 1.21. The first-order chi connectivity index (χ1) is 10.9. The number of nitrogens with one attached hydrogen (secondary N) is 1. The van der Waals surface area contributed by atoms with Gasteiger partial charge in [0.05, 0.1) is 26.1 Å². The zero-order chi connectivity index (χ0) is 17.7. The molecule has 0 fully saturated rings. The number of thioether (sulfide) groups is 1. The monoisotopic (exact) mass is 353 g/mol. The molecule has 0 heterocycles. The third kappa shape index (κ3) is 11.3. The number of ketones is 1. The summed E-state index contributed by atoms with van der Waals surface area (Å²) in [5, 5.41) is 11.2. The Labute approximate surface area is 136 Å². The van der Waals surface area contributed by atoms with Gasteiger partial charge in [0.1, 0.15) is 12.6 Å². The molecule has 0 saturated heterocycles. The van der Waals surface area contributed by atoms with Crippen molar-refractivity contribution in [2.45, 2.75) is 6.04 Å². The average molecular weight is 353 g/mol. The van der Waals surface area contributed by atoms with Crippen molar-refractivity contribution in [2.24, 2.45) is 5.73 Å². The summed E-state index contributed by atoms with van der Waals surface area (Å²) in [6, 6.07) is -0.851. The highest BCUT2D eigenvalue weighted by Gasteiger charge is 2.17. The molecule has 0 aromatic carbocycles. The number of ether oxygens (including phenoxy) is 2. The smallest absolute Gasteiger partial charge is 0.323 e. The number of carbonyl (C=O) groups is 3. The molecule has 0 aromatic heterocycles. The van der Waals surface area contributed by atoms with Gasteiger partial charge in [-0.1, -0.05) is 0 Å². The van der Waals surface area contributed by atoms with E-state index in [1.165, 1.54) is 7.11 Å². The van der Waals surface area contributed by atoms with Gasteiger partial charge < -0.3 is 25.4 Å². The van der Waals surface area contributed by atoms with Crippen molar-refractivity contribution in [1.29, 1.82) is 0 Å². The molecular formula is C11H19N3O8S. The van der Waals surface area contributed by atoms with Crippen molar-refractivity contribution >= 4 is 29.4 Å². The van der Waals surface area contributed by atoms with Crippen LogP contribution in [-0.4, -0.2) is 73.8 Å². The summed E-state index contributed by atoms with van der Waals surface area (Å²) < 4.78 is 9.36. The van der Waals surface area contributed by atoms with Crippen molar-refractivity contribution in [1.82, 2.24) is 5.32 Å². The molecule has 0 aliphatic heterocycles. The Morgan fingerprint density at radius 1 is 1.30 bits per heavy atom. The van der Waals surface area contributed by atoms with Crippen LogP contribution in [0.2, 0.25) is 0 Å². The minimum absolute atomic E-state index is 0.00787. The summed E-state index contributed by atoms with van der Waals surface area (Å²) in [4.78, 5) is 47.8. The minimum Gasteiger partial charge on any atom is -0.468 e. The molecule has 11 nitrogen and oxygen atoms in total. The van der Waals surface area contributed by atoms with Gasteiger partial charge in [-0.3, -0.25) is 14.4 Å². The van der Waals surface area contributed by atoms with Crippen LogP contribution in [0.3, 0.4) is 0 Å². The molecule has 0 aromatic rings. The zero-order valence-corrected chi connectivity index (χ0v) is 13.3. The Bertz CT molecular complexity index is 420. The molecule has 132 valence electrons. The number of nitrogens with zero attached hydrogens (tertiary/aromatic N) is 1. The Morgan fingerprint density at radius 3 is 2.61 bits per heavy atom. The van der Waals surface area contributed by atoms with Crippen molar-refractivity contribution in [2.75, 3.05) is 45.0 Å². The van der Waals surface area contributed by atoms with Crippen LogP contribution in [0, 0.1) is 10.1 Å². The predicted octanol–water partition coefficient (Wildman–Crippen LogP) is -1.87. The number of hydrogen-bond acceptors (Lipinski definition) is 10. The second kappa shape index (κ2) is 12.6. The Balaban J connectivity index is 3.65. The first-order valence-corrected chi connectivity index (χ1v) is 7.61. The Hall–Kier alpha value is -1.92. The highest BCUT2D eigenvalue weighted by molar-refractivity contribution is 8.00. The van der Waals surface area contributed by atoms with Gasteiger partial charge in [-0.25, -0.2) is 0 Å². The summed E-state index contributed by atoms with van der Waals surface area (Å²) in [6.45, 7) is -0.0567. The molecule has 23 heavy (non-hydrogen) atoms. The van der Waals surface area contributed by atoms with Gasteiger partial charge in [-0.2, -0.15) is 11.8 Å². The van der Waals surface area contributed by atoms with Crippen LogP contribution in [-0.2, 0) is 28.7 Å². The largest absolute Gasteiger partial charge is 0.468 e. The minimum atomic E-state index is -0.937. The Morgan fingerprint density at radius 2 is 2.00 bits per heavy atom. The standard InChI is InChI=1S/C11H19N3O8S/c1-20-11(17)8(12)6-23-7-9(15)10(16)13-2-3-21-4-5-22-14(18)19/h8H,2-7,12H2,1H3,(H,13,16)/t8-/m0/s1. The molecule has 1 atom stereocenters. The van der Waals surface area contributed by atoms with Crippen LogP contribution < -0.4 is 11.1 Å². The molecule has 0 bridgehead atoms. The van der Waals surface area contributed by atoms with Crippen LogP contribution in [0.25, 0.3) is 0 Å². The third-order valence-corrected chi connectivity index (χ3v) is 3.31. The summed E-state index contributed by atoms with van der Waals surface area (Å²) in [6.07, 6.45) is 0. The quantitative estimate of drug-likeness (QED) is 0.126. The number of methoxy groups -OCH3 is 1. The van der Waals surface area contributed by atoms with E-state index in [9.17, 15) is 24.5 Å². The van der Waals surface area contributed by atoms with Crippen LogP contribution >= 0.6 is 11.8 Å². The van der Waals surface area contributed by atoms with E-state index in [1.807, 2.05) is 0 Å². The van der Waals surface area contributed by atoms with Crippen LogP contribution in [0.1, 0.15) is 0 Å². The fraction of sp³-hybridized carbons (Fsp3) is 0.727. The zero-order valence-electron chi connectivity index (χ0n) is 12.5. The van der Waals surface area contributed by atoms with E-state index in [-0.39, 0.29) is 37.9 Å². The Kier molecular flexibility index (Phi) is 11.6. The number of hydrogen-bond donors (Lipinski definition) is 2. The number of Topliss-reactive ketones (excluding diaryl/α,β-unsaturated/α-hetero) is 1. The fourth-order valence-electron chi connectivity index (χ4n) is 1.17. The summed E-state index contributed by atoms with van der Waals surface area (Å²) >= 11 is 1.05. The normalized spacial score (nSPS) is 11.4. The number of carbonyl (C=O) groups excluding carboxylic acids is 3. The van der Waals surface area contributed by atoms with E-state index in [1.54, 1.807) is 0 Å². The van der Waals surface area contributed by atoms with E-state index >= 15 is 0 Å². The first-order valence-electron chi connectivity index (χ1n) is 6.45. The van der Waals surface area contributed by atoms with Crippen molar-refractivity contribution in [3.05, 3.63) is 10.1 Å². The molecular weight excluding hydrogens is 334 g/mol. The van der Waals surface area contributed by atoms with Crippen LogP contribution in [0.15, 0.2) is 0 Å². The van der Waals surface area contributed by atoms with Gasteiger partial charge in [-0.15, -0.1) is 10.1 Å². The topological polar surface area (TPSA) is 160 Å². The first kappa shape index (κ1) is 21.1. The van der Waals surface area contributed by atoms with Crippen molar-refractivity contribution in [3.63, 3.8) is 0 Å². The molecule has 1 amide bonds. The molecule has 0 radical (unpaired) electrons. The van der Waals surface area contributed by atoms with Crippen LogP contribution in [0.5, 0.6) is 0 Å². The average Bonchev–Trinajstić information content (AvgIpc) is 2.52. The van der Waals surface area contributed by atoms with Crippen molar-refractivity contribution < 1.29 is 33.8 Å². The molecule has 0 aliphatic carbocycles. The molecule has 12 heteroatoms. The number of amides is 1. The number of rotatable bonds is 13. The lowest BCUT2D eigenvalue weighted by molar-refractivity contribution is -0.758. The summed E-state index contributed by atoms with van der Waals surface area (Å²) in [5.74, 6) is -2.00. The van der Waals surface area contributed by atoms with Crippen LogP contribution in [0.4, 0.5) is 0 Å². The van der Waals surface area contributed by atoms with Gasteiger partial charge in [0.25, 0.3) is 11.0 Å². The number of esters is 1. The summed E-state index contributed by atoms with van der Waals surface area (Å²) in [5.41, 5.74) is 5.47. The molecule has 3 N–H and O–H groups in total. The highest BCUT2D eigenvalue weighted by atomic mass is 32.2. The molecule has 0 spiro atoms. The van der Waals surface area contributed by atoms with E-state index in [2.05, 4.69) is 14.9 Å². The number of nitrogens with two attached hydrogens (primary N) is 1. The van der Waals surface area contributed by atoms with E-state index < -0.39 is 28.8 Å². The lowest BCUT2D eigenvalue weighted by Crippen LogP contribution is -2.36. The lowest BCUT2D eigenvalue weighted by Gasteiger charge is -2.08. The maximum Gasteiger partial charge on any atom is 0.323 e. The predicted molar refractivity (Wildman–Crippen MR) is 79.1 cm³/mol. The van der Waals surface area contributed by atoms with Crippen molar-refractivity contribution in [3.8, 4) is 0 Å². The molecule has 0 saturated carbocycles. The highest BCUT2D eigenvalue weighted by Crippen LogP contribution is 2.03. The molecule has 0 unspecified atom stereocenters. The van der Waals surface area contributed by atoms with Gasteiger partial charge >= 0.3 is 5.97 Å². The van der Waals surface area contributed by atoms with E-state index in [4.69, 9.17) is 10.5 Å². The second-order valence-corrected chi connectivity index (χ2v) is 5.02. The third-order valence-electron chi connectivity index (χ3n) is 2.24. The van der Waals surface area contributed by atoms with Gasteiger partial charge in [0, 0.05) is 12.3 Å². The second-order valence-electron chi connectivity index (χ2n) is 3.99. The van der Waals surface area contributed by atoms with Gasteiger partial charge in [0.2, 0.25) is 5.78 Å². The lowest BCUT2D eigenvalue weighted by atomic mass is 10.4. The maximum atomic E-state index is 11.5. The molecule has 0 rings (SSSR count). The fourth-order valence-corrected chi connectivity index (χ4v) is 2.00. The van der Waals surface area contributed by atoms with Gasteiger partial charge in [-0.05, 0) is 0 Å². The molecule has 0 aliphatic rings. The van der Waals surface area contributed by atoms with E-state index in [0.29, 0.717) is 0 Å². The van der Waals surface area contributed by atoms with E-state index in [0.717, 1.165) is 11.8 Å². The van der Waals surface area contributed by atoms with Gasteiger partial charge in [0.15, 0.2) is 0 Å². The SMILES string of the molecule is COC(=O)[C@@H](N)CSCC(=O)C(=O)NCCOCCO[N+](=O)[O-]. The maximum absolute atomic E-state index is 11.5.